The number of hydrogen-bond acceptors (Lipinski definition) is 5. The fourth-order valence-electron chi connectivity index (χ4n) is 3.66. The van der Waals surface area contributed by atoms with Crippen molar-refractivity contribution in [2.75, 3.05) is 13.7 Å². The summed E-state index contributed by atoms with van der Waals surface area (Å²) in [5.74, 6) is 1.00. The molecule has 2 N–H and O–H groups in total. The SMILES string of the molecule is CNC(=O)c1ccc2c(c1)OCCc1cc(-c3n[nH]c(=O)n3-c3ccccc3Cl)sc1-2. The van der Waals surface area contributed by atoms with E-state index in [1.165, 1.54) is 15.9 Å². The van der Waals surface area contributed by atoms with E-state index in [-0.39, 0.29) is 11.6 Å². The Kier molecular flexibility index (Phi) is 4.88. The van der Waals surface area contributed by atoms with Gasteiger partial charge in [-0.15, -0.1) is 11.3 Å². The number of ether oxygens (including phenoxy) is 1. The normalized spacial score (nSPS) is 12.5. The van der Waals surface area contributed by atoms with Crippen molar-refractivity contribution in [1.29, 1.82) is 0 Å². The molecular weight excluding hydrogens is 436 g/mol. The summed E-state index contributed by atoms with van der Waals surface area (Å²) in [7, 11) is 1.60. The molecular formula is C22H17ClN4O3S. The lowest BCUT2D eigenvalue weighted by atomic mass is 10.1. The van der Waals surface area contributed by atoms with E-state index in [2.05, 4.69) is 15.5 Å². The van der Waals surface area contributed by atoms with Gasteiger partial charge in [-0.1, -0.05) is 23.7 Å². The standard InChI is InChI=1S/C22H17ClN4O3S/c1-24-21(28)13-6-7-14-17(10-13)30-9-8-12-11-18(31-19(12)14)20-25-26-22(29)27(20)16-5-3-2-4-15(16)23/h2-7,10-11H,8-9H2,1H3,(H,24,28)(H,26,29). The summed E-state index contributed by atoms with van der Waals surface area (Å²) in [6.45, 7) is 0.491. The van der Waals surface area contributed by atoms with E-state index in [0.29, 0.717) is 40.9 Å². The molecule has 2 aromatic heterocycles. The molecule has 3 heterocycles. The average Bonchev–Trinajstić information content (AvgIpc) is 3.32. The number of hydrogen-bond donors (Lipinski definition) is 2. The molecule has 0 saturated carbocycles. The van der Waals surface area contributed by atoms with E-state index < -0.39 is 0 Å². The molecule has 0 bridgehead atoms. The van der Waals surface area contributed by atoms with Crippen LogP contribution in [-0.2, 0) is 6.42 Å². The van der Waals surface area contributed by atoms with Gasteiger partial charge in [0.15, 0.2) is 5.82 Å². The van der Waals surface area contributed by atoms with E-state index in [1.807, 2.05) is 24.3 Å². The first-order chi connectivity index (χ1) is 15.1. The van der Waals surface area contributed by atoms with E-state index >= 15 is 0 Å². The van der Waals surface area contributed by atoms with Crippen LogP contribution in [0.5, 0.6) is 5.75 Å². The van der Waals surface area contributed by atoms with Crippen LogP contribution in [0.1, 0.15) is 15.9 Å². The summed E-state index contributed by atoms with van der Waals surface area (Å²) < 4.78 is 7.40. The highest BCUT2D eigenvalue weighted by Gasteiger charge is 2.23. The van der Waals surface area contributed by atoms with E-state index in [0.717, 1.165) is 20.9 Å². The van der Waals surface area contributed by atoms with Gasteiger partial charge in [-0.3, -0.25) is 4.79 Å². The van der Waals surface area contributed by atoms with Gasteiger partial charge in [0, 0.05) is 29.5 Å². The van der Waals surface area contributed by atoms with Crippen molar-refractivity contribution >= 4 is 28.8 Å². The van der Waals surface area contributed by atoms with Crippen molar-refractivity contribution in [1.82, 2.24) is 20.1 Å². The Bertz CT molecular complexity index is 1370. The Morgan fingerprint density at radius 1 is 1.26 bits per heavy atom. The van der Waals surface area contributed by atoms with E-state index in [9.17, 15) is 9.59 Å². The molecule has 2 aromatic carbocycles. The summed E-state index contributed by atoms with van der Waals surface area (Å²) in [6, 6.07) is 14.6. The Labute approximate surface area is 186 Å². The molecule has 1 aliphatic rings. The first kappa shape index (κ1) is 19.6. The zero-order valence-electron chi connectivity index (χ0n) is 16.4. The minimum atomic E-state index is -0.356. The highest BCUT2D eigenvalue weighted by molar-refractivity contribution is 7.19. The second-order valence-electron chi connectivity index (χ2n) is 6.99. The number of carbonyl (C=O) groups is 1. The number of rotatable bonds is 3. The monoisotopic (exact) mass is 452 g/mol. The van der Waals surface area contributed by atoms with Gasteiger partial charge in [-0.25, -0.2) is 14.5 Å². The topological polar surface area (TPSA) is 89.0 Å². The molecule has 156 valence electrons. The van der Waals surface area contributed by atoms with Crippen LogP contribution in [0, 0.1) is 0 Å². The molecule has 9 heteroatoms. The Balaban J connectivity index is 1.64. The smallest absolute Gasteiger partial charge is 0.348 e. The second-order valence-corrected chi connectivity index (χ2v) is 8.45. The molecule has 4 aromatic rings. The van der Waals surface area contributed by atoms with Gasteiger partial charge in [0.1, 0.15) is 5.75 Å². The molecule has 7 nitrogen and oxygen atoms in total. The fraction of sp³-hybridized carbons (Fsp3) is 0.136. The molecule has 1 aliphatic heterocycles. The number of aromatic amines is 1. The van der Waals surface area contributed by atoms with Gasteiger partial charge in [-0.05, 0) is 42.0 Å². The lowest BCUT2D eigenvalue weighted by Crippen LogP contribution is -2.17. The van der Waals surface area contributed by atoms with Gasteiger partial charge in [0.25, 0.3) is 5.91 Å². The van der Waals surface area contributed by atoms with Gasteiger partial charge in [-0.2, -0.15) is 5.10 Å². The molecule has 0 radical (unpaired) electrons. The summed E-state index contributed by atoms with van der Waals surface area (Å²) >= 11 is 7.87. The van der Waals surface area contributed by atoms with Gasteiger partial charge >= 0.3 is 5.69 Å². The number of H-pyrrole nitrogens is 1. The van der Waals surface area contributed by atoms with Crippen LogP contribution in [0.15, 0.2) is 53.3 Å². The number of amides is 1. The highest BCUT2D eigenvalue weighted by atomic mass is 35.5. The Morgan fingerprint density at radius 2 is 2.10 bits per heavy atom. The summed E-state index contributed by atoms with van der Waals surface area (Å²) in [6.07, 6.45) is 0.705. The van der Waals surface area contributed by atoms with Crippen LogP contribution >= 0.6 is 22.9 Å². The molecule has 0 saturated heterocycles. The first-order valence-electron chi connectivity index (χ1n) is 9.61. The van der Waals surface area contributed by atoms with Gasteiger partial charge < -0.3 is 10.1 Å². The lowest BCUT2D eigenvalue weighted by Gasteiger charge is -2.09. The number of halogens is 1. The lowest BCUT2D eigenvalue weighted by molar-refractivity contribution is 0.0962. The molecule has 0 fully saturated rings. The molecule has 0 unspecified atom stereocenters. The molecule has 5 rings (SSSR count). The van der Waals surface area contributed by atoms with Crippen LogP contribution in [0.2, 0.25) is 5.02 Å². The number of fused-ring (bicyclic) bond motifs is 3. The quantitative estimate of drug-likeness (QED) is 0.493. The number of nitrogens with one attached hydrogen (secondary N) is 2. The molecule has 0 aliphatic carbocycles. The number of carbonyl (C=O) groups excluding carboxylic acids is 1. The average molecular weight is 453 g/mol. The second kappa shape index (κ2) is 7.72. The third-order valence-electron chi connectivity index (χ3n) is 5.14. The van der Waals surface area contributed by atoms with Gasteiger partial charge in [0.05, 0.1) is 22.2 Å². The minimum absolute atomic E-state index is 0.164. The minimum Gasteiger partial charge on any atom is -0.493 e. The number of para-hydroxylation sites is 1. The predicted molar refractivity (Wildman–Crippen MR) is 121 cm³/mol. The number of benzene rings is 2. The van der Waals surface area contributed by atoms with E-state index in [1.54, 1.807) is 31.3 Å². The summed E-state index contributed by atoms with van der Waals surface area (Å²) in [5, 5.41) is 9.90. The van der Waals surface area contributed by atoms with Crippen molar-refractivity contribution in [3.05, 3.63) is 75.2 Å². The Hall–Kier alpha value is -3.36. The summed E-state index contributed by atoms with van der Waals surface area (Å²) in [4.78, 5) is 26.4. The van der Waals surface area contributed by atoms with Crippen LogP contribution in [0.3, 0.4) is 0 Å². The summed E-state index contributed by atoms with van der Waals surface area (Å²) in [5.41, 5.74) is 2.78. The largest absolute Gasteiger partial charge is 0.493 e. The predicted octanol–water partition coefficient (Wildman–Crippen LogP) is 3.90. The fourth-order valence-corrected chi connectivity index (χ4v) is 5.10. The van der Waals surface area contributed by atoms with Gasteiger partial charge in [0.2, 0.25) is 0 Å². The van der Waals surface area contributed by atoms with Crippen molar-refractivity contribution in [2.45, 2.75) is 6.42 Å². The molecule has 31 heavy (non-hydrogen) atoms. The van der Waals surface area contributed by atoms with Crippen LogP contribution < -0.4 is 15.7 Å². The number of thiophene rings is 1. The maximum atomic E-state index is 12.5. The first-order valence-corrected chi connectivity index (χ1v) is 10.8. The third kappa shape index (κ3) is 3.34. The zero-order chi connectivity index (χ0) is 21.5. The molecule has 0 spiro atoms. The maximum absolute atomic E-state index is 12.5. The van der Waals surface area contributed by atoms with E-state index in [4.69, 9.17) is 16.3 Å². The maximum Gasteiger partial charge on any atom is 0.348 e. The van der Waals surface area contributed by atoms with Crippen molar-refractivity contribution in [3.8, 4) is 32.6 Å². The van der Waals surface area contributed by atoms with Crippen LogP contribution in [0.4, 0.5) is 0 Å². The molecule has 0 atom stereocenters. The highest BCUT2D eigenvalue weighted by Crippen LogP contribution is 2.44. The van der Waals surface area contributed by atoms with Crippen LogP contribution in [0.25, 0.3) is 26.8 Å². The van der Waals surface area contributed by atoms with Crippen molar-refractivity contribution in [3.63, 3.8) is 0 Å². The van der Waals surface area contributed by atoms with Crippen molar-refractivity contribution < 1.29 is 9.53 Å². The molecule has 1 amide bonds. The Morgan fingerprint density at radius 3 is 2.90 bits per heavy atom. The number of nitrogens with zero attached hydrogens (tertiary/aromatic N) is 2. The van der Waals surface area contributed by atoms with Crippen LogP contribution in [-0.4, -0.2) is 34.3 Å². The zero-order valence-corrected chi connectivity index (χ0v) is 18.0. The third-order valence-corrected chi connectivity index (χ3v) is 6.67. The van der Waals surface area contributed by atoms with Crippen molar-refractivity contribution in [2.24, 2.45) is 0 Å². The number of aromatic nitrogens is 3.